The first-order valence-corrected chi connectivity index (χ1v) is 4.88. The summed E-state index contributed by atoms with van der Waals surface area (Å²) in [6.45, 7) is 1.74. The van der Waals surface area contributed by atoms with Crippen molar-refractivity contribution in [2.24, 2.45) is 0 Å². The van der Waals surface area contributed by atoms with Gasteiger partial charge in [-0.2, -0.15) is 0 Å². The minimum atomic E-state index is -0.430. The summed E-state index contributed by atoms with van der Waals surface area (Å²) in [6.07, 6.45) is 1.89. The Morgan fingerprint density at radius 1 is 1.54 bits per heavy atom. The molecule has 70 valence electrons. The summed E-state index contributed by atoms with van der Waals surface area (Å²) in [5.41, 5.74) is 0.305. The van der Waals surface area contributed by atoms with Crippen molar-refractivity contribution >= 4 is 17.7 Å². The molecule has 0 radical (unpaired) electrons. The minimum Gasteiger partial charge on any atom is -0.464 e. The van der Waals surface area contributed by atoms with Crippen LogP contribution in [0.2, 0.25) is 0 Å². The number of carbonyl (C=O) groups is 1. The predicted octanol–water partition coefficient (Wildman–Crippen LogP) is 1.29. The quantitative estimate of drug-likeness (QED) is 0.407. The van der Waals surface area contributed by atoms with Crippen molar-refractivity contribution in [2.45, 2.75) is 11.9 Å². The number of thioether (sulfide) groups is 1. The second-order valence-electron chi connectivity index (χ2n) is 2.33. The molecule has 5 heteroatoms. The molecular weight excluding hydrogens is 188 g/mol. The first-order valence-electron chi connectivity index (χ1n) is 3.65. The van der Waals surface area contributed by atoms with Crippen LogP contribution in [0.5, 0.6) is 0 Å². The molecule has 0 bridgehead atoms. The Hall–Kier alpha value is -1.10. The predicted molar refractivity (Wildman–Crippen MR) is 49.9 cm³/mol. The average molecular weight is 198 g/mol. The van der Waals surface area contributed by atoms with Crippen molar-refractivity contribution in [3.8, 4) is 0 Å². The molecule has 1 aromatic rings. The largest absolute Gasteiger partial charge is 0.464 e. The number of ether oxygens (including phenoxy) is 1. The third-order valence-electron chi connectivity index (χ3n) is 1.42. The van der Waals surface area contributed by atoms with Crippen molar-refractivity contribution in [3.63, 3.8) is 0 Å². The first-order chi connectivity index (χ1) is 6.17. The number of rotatable bonds is 2. The molecule has 0 atom stereocenters. The lowest BCUT2D eigenvalue weighted by atomic mass is 10.4. The maximum absolute atomic E-state index is 11.1. The van der Waals surface area contributed by atoms with Crippen molar-refractivity contribution in [3.05, 3.63) is 17.6 Å². The van der Waals surface area contributed by atoms with Crippen LogP contribution in [0, 0.1) is 6.92 Å². The van der Waals surface area contributed by atoms with E-state index < -0.39 is 5.97 Å². The van der Waals surface area contributed by atoms with Crippen LogP contribution in [0.3, 0.4) is 0 Å². The molecule has 0 saturated carbocycles. The molecule has 1 aromatic heterocycles. The molecule has 1 heterocycles. The third-order valence-corrected chi connectivity index (χ3v) is 2.05. The van der Waals surface area contributed by atoms with E-state index in [-0.39, 0.29) is 0 Å². The highest BCUT2D eigenvalue weighted by Gasteiger charge is 2.09. The van der Waals surface area contributed by atoms with Gasteiger partial charge in [0.25, 0.3) is 0 Å². The number of aryl methyl sites for hydroxylation is 1. The van der Waals surface area contributed by atoms with Crippen LogP contribution in [0.1, 0.15) is 16.3 Å². The lowest BCUT2D eigenvalue weighted by Crippen LogP contribution is -2.06. The Morgan fingerprint density at radius 3 is 2.77 bits per heavy atom. The van der Waals surface area contributed by atoms with E-state index in [1.165, 1.54) is 18.9 Å². The number of methoxy groups -OCH3 is 1. The summed E-state index contributed by atoms with van der Waals surface area (Å²) >= 11 is 1.47. The van der Waals surface area contributed by atoms with E-state index in [1.54, 1.807) is 13.0 Å². The molecule has 0 aromatic carbocycles. The zero-order chi connectivity index (χ0) is 9.84. The van der Waals surface area contributed by atoms with E-state index in [1.807, 2.05) is 6.26 Å². The monoisotopic (exact) mass is 198 g/mol. The maximum atomic E-state index is 11.1. The van der Waals surface area contributed by atoms with E-state index in [2.05, 4.69) is 14.7 Å². The van der Waals surface area contributed by atoms with Gasteiger partial charge < -0.3 is 4.74 Å². The van der Waals surface area contributed by atoms with Crippen LogP contribution >= 0.6 is 11.8 Å². The number of aromatic nitrogens is 2. The fourth-order valence-electron chi connectivity index (χ4n) is 0.854. The standard InChI is InChI=1S/C8H10N2O2S/c1-5-9-6(8(11)12-2)4-7(10-5)13-3/h4H,1-3H3. The summed E-state index contributed by atoms with van der Waals surface area (Å²) in [6, 6.07) is 1.61. The van der Waals surface area contributed by atoms with Gasteiger partial charge in [-0.3, -0.25) is 0 Å². The van der Waals surface area contributed by atoms with Gasteiger partial charge in [-0.05, 0) is 13.2 Å². The molecule has 0 aliphatic carbocycles. The number of carbonyl (C=O) groups excluding carboxylic acids is 1. The van der Waals surface area contributed by atoms with E-state index in [9.17, 15) is 4.79 Å². The Kier molecular flexibility index (Phi) is 3.25. The number of nitrogens with zero attached hydrogens (tertiary/aromatic N) is 2. The molecule has 4 nitrogen and oxygen atoms in total. The topological polar surface area (TPSA) is 52.1 Å². The van der Waals surface area contributed by atoms with Gasteiger partial charge in [0.15, 0.2) is 5.69 Å². The van der Waals surface area contributed by atoms with Crippen molar-refractivity contribution < 1.29 is 9.53 Å². The van der Waals surface area contributed by atoms with E-state index in [0.29, 0.717) is 11.5 Å². The highest BCUT2D eigenvalue weighted by atomic mass is 32.2. The van der Waals surface area contributed by atoms with Gasteiger partial charge in [-0.25, -0.2) is 14.8 Å². The Balaban J connectivity index is 3.08. The van der Waals surface area contributed by atoms with Crippen LogP contribution in [-0.4, -0.2) is 29.3 Å². The second-order valence-corrected chi connectivity index (χ2v) is 3.16. The minimum absolute atomic E-state index is 0.305. The summed E-state index contributed by atoms with van der Waals surface area (Å²) in [5, 5.41) is 0.771. The van der Waals surface area contributed by atoms with Crippen LogP contribution in [0.4, 0.5) is 0 Å². The highest BCUT2D eigenvalue weighted by Crippen LogP contribution is 2.12. The van der Waals surface area contributed by atoms with Gasteiger partial charge in [-0.15, -0.1) is 11.8 Å². The Bertz CT molecular complexity index is 328. The number of hydrogen-bond acceptors (Lipinski definition) is 5. The van der Waals surface area contributed by atoms with E-state index in [0.717, 1.165) is 5.03 Å². The van der Waals surface area contributed by atoms with Gasteiger partial charge in [0.2, 0.25) is 0 Å². The third kappa shape index (κ3) is 2.42. The highest BCUT2D eigenvalue weighted by molar-refractivity contribution is 7.98. The number of hydrogen-bond donors (Lipinski definition) is 0. The molecule has 0 saturated heterocycles. The Labute approximate surface area is 80.7 Å². The van der Waals surface area contributed by atoms with Crippen LogP contribution in [0.25, 0.3) is 0 Å². The van der Waals surface area contributed by atoms with Gasteiger partial charge in [0.1, 0.15) is 10.9 Å². The van der Waals surface area contributed by atoms with Crippen LogP contribution in [-0.2, 0) is 4.74 Å². The normalized spacial score (nSPS) is 9.77. The van der Waals surface area contributed by atoms with Gasteiger partial charge in [-0.1, -0.05) is 0 Å². The molecule has 0 fully saturated rings. The molecular formula is C8H10N2O2S. The zero-order valence-electron chi connectivity index (χ0n) is 7.70. The van der Waals surface area contributed by atoms with E-state index >= 15 is 0 Å². The Morgan fingerprint density at radius 2 is 2.23 bits per heavy atom. The molecule has 0 unspecified atom stereocenters. The van der Waals surface area contributed by atoms with Crippen molar-refractivity contribution in [2.75, 3.05) is 13.4 Å². The molecule has 0 N–H and O–H groups in total. The molecule has 0 amide bonds. The molecule has 1 rings (SSSR count). The van der Waals surface area contributed by atoms with E-state index in [4.69, 9.17) is 0 Å². The maximum Gasteiger partial charge on any atom is 0.356 e. The summed E-state index contributed by atoms with van der Waals surface area (Å²) in [4.78, 5) is 19.2. The van der Waals surface area contributed by atoms with Crippen molar-refractivity contribution in [1.82, 2.24) is 9.97 Å². The molecule has 0 aliphatic heterocycles. The molecule has 13 heavy (non-hydrogen) atoms. The summed E-state index contributed by atoms with van der Waals surface area (Å²) < 4.78 is 4.55. The lowest BCUT2D eigenvalue weighted by Gasteiger charge is -2.01. The number of esters is 1. The SMILES string of the molecule is COC(=O)c1cc(SC)nc(C)n1. The van der Waals surface area contributed by atoms with Crippen LogP contribution < -0.4 is 0 Å². The van der Waals surface area contributed by atoms with Gasteiger partial charge in [0.05, 0.1) is 7.11 Å². The fourth-order valence-corrected chi connectivity index (χ4v) is 1.31. The van der Waals surface area contributed by atoms with Crippen molar-refractivity contribution in [1.29, 1.82) is 0 Å². The fraction of sp³-hybridized carbons (Fsp3) is 0.375. The molecule has 0 spiro atoms. The van der Waals surface area contributed by atoms with Crippen LogP contribution in [0.15, 0.2) is 11.1 Å². The van der Waals surface area contributed by atoms with Gasteiger partial charge >= 0.3 is 5.97 Å². The lowest BCUT2D eigenvalue weighted by molar-refractivity contribution is 0.0593. The smallest absolute Gasteiger partial charge is 0.356 e. The zero-order valence-corrected chi connectivity index (χ0v) is 8.51. The second kappa shape index (κ2) is 4.23. The first kappa shape index (κ1) is 9.98. The summed E-state index contributed by atoms with van der Waals surface area (Å²) in [5.74, 6) is 0.146. The molecule has 0 aliphatic rings. The summed E-state index contributed by atoms with van der Waals surface area (Å²) in [7, 11) is 1.33. The average Bonchev–Trinajstić information content (AvgIpc) is 2.15. The van der Waals surface area contributed by atoms with Gasteiger partial charge in [0, 0.05) is 6.07 Å².